The fourth-order valence-electron chi connectivity index (χ4n) is 1.94. The summed E-state index contributed by atoms with van der Waals surface area (Å²) >= 11 is 0. The van der Waals surface area contributed by atoms with Crippen molar-refractivity contribution in [3.63, 3.8) is 0 Å². The van der Waals surface area contributed by atoms with Crippen molar-refractivity contribution in [3.8, 4) is 5.75 Å². The van der Waals surface area contributed by atoms with Gasteiger partial charge in [0, 0.05) is 11.6 Å². The van der Waals surface area contributed by atoms with E-state index < -0.39 is 16.7 Å². The molecule has 0 saturated carbocycles. The molecule has 0 bridgehead atoms. The molecule has 0 spiro atoms. The molecule has 2 aromatic carbocycles. The van der Waals surface area contributed by atoms with Gasteiger partial charge in [-0.2, -0.15) is 0 Å². The maximum Gasteiger partial charge on any atom is 0.282 e. The van der Waals surface area contributed by atoms with Crippen LogP contribution in [-0.4, -0.2) is 23.3 Å². The first-order chi connectivity index (χ1) is 12.0. The molecule has 0 aromatic heterocycles. The molecule has 2 aromatic rings. The quantitative estimate of drug-likeness (QED) is 0.475. The van der Waals surface area contributed by atoms with E-state index in [9.17, 15) is 19.7 Å². The minimum Gasteiger partial charge on any atom is -0.490 e. The van der Waals surface area contributed by atoms with Crippen LogP contribution < -0.4 is 15.6 Å². The van der Waals surface area contributed by atoms with Gasteiger partial charge >= 0.3 is 0 Å². The molecule has 0 atom stereocenters. The van der Waals surface area contributed by atoms with Crippen molar-refractivity contribution in [2.24, 2.45) is 0 Å². The van der Waals surface area contributed by atoms with Crippen LogP contribution in [-0.2, 0) is 0 Å². The van der Waals surface area contributed by atoms with Gasteiger partial charge in [0.05, 0.1) is 4.92 Å². The Morgan fingerprint density at radius 3 is 2.36 bits per heavy atom. The smallest absolute Gasteiger partial charge is 0.282 e. The van der Waals surface area contributed by atoms with Crippen LogP contribution in [0.4, 0.5) is 5.69 Å². The molecule has 0 heterocycles. The van der Waals surface area contributed by atoms with E-state index in [0.717, 1.165) is 0 Å². The molecule has 2 rings (SSSR count). The Hall–Kier alpha value is -3.68. The first kappa shape index (κ1) is 17.7. The molecule has 0 aliphatic heterocycles. The lowest BCUT2D eigenvalue weighted by atomic mass is 10.2. The third-order valence-corrected chi connectivity index (χ3v) is 3.12. The summed E-state index contributed by atoms with van der Waals surface area (Å²) in [6.45, 7) is 3.88. The number of benzene rings is 2. The molecule has 0 unspecified atom stereocenters. The molecular formula is C17H15N3O5. The van der Waals surface area contributed by atoms with Crippen LogP contribution in [0.25, 0.3) is 0 Å². The monoisotopic (exact) mass is 341 g/mol. The number of nitro benzene ring substituents is 1. The lowest BCUT2D eigenvalue weighted by molar-refractivity contribution is -0.385. The number of carbonyl (C=O) groups is 2. The van der Waals surface area contributed by atoms with Crippen LogP contribution in [0.3, 0.4) is 0 Å². The minimum absolute atomic E-state index is 0.152. The van der Waals surface area contributed by atoms with E-state index in [4.69, 9.17) is 4.74 Å². The average molecular weight is 341 g/mol. The van der Waals surface area contributed by atoms with E-state index in [0.29, 0.717) is 12.4 Å². The molecule has 0 radical (unpaired) electrons. The van der Waals surface area contributed by atoms with E-state index in [1.54, 1.807) is 18.2 Å². The summed E-state index contributed by atoms with van der Waals surface area (Å²) in [7, 11) is 0. The minimum atomic E-state index is -0.786. The van der Waals surface area contributed by atoms with Crippen molar-refractivity contribution < 1.29 is 19.2 Å². The van der Waals surface area contributed by atoms with Gasteiger partial charge in [-0.1, -0.05) is 24.8 Å². The third kappa shape index (κ3) is 4.64. The molecule has 8 heteroatoms. The topological polar surface area (TPSA) is 111 Å². The molecular weight excluding hydrogens is 326 g/mol. The van der Waals surface area contributed by atoms with Crippen LogP contribution in [0.2, 0.25) is 0 Å². The van der Waals surface area contributed by atoms with Gasteiger partial charge in [0.25, 0.3) is 17.5 Å². The molecule has 2 amide bonds. The Balaban J connectivity index is 1.99. The number of hydrogen-bond acceptors (Lipinski definition) is 5. The second kappa shape index (κ2) is 8.25. The van der Waals surface area contributed by atoms with Crippen molar-refractivity contribution in [1.82, 2.24) is 10.9 Å². The molecule has 0 aliphatic carbocycles. The lowest BCUT2D eigenvalue weighted by Crippen LogP contribution is -2.41. The average Bonchev–Trinajstić information content (AvgIpc) is 2.64. The number of rotatable bonds is 6. The van der Waals surface area contributed by atoms with E-state index in [1.807, 2.05) is 0 Å². The molecule has 25 heavy (non-hydrogen) atoms. The van der Waals surface area contributed by atoms with E-state index in [-0.39, 0.29) is 16.8 Å². The maximum atomic E-state index is 12.0. The zero-order valence-corrected chi connectivity index (χ0v) is 13.1. The van der Waals surface area contributed by atoms with Crippen molar-refractivity contribution in [1.29, 1.82) is 0 Å². The molecule has 128 valence electrons. The highest BCUT2D eigenvalue weighted by Gasteiger charge is 2.19. The largest absolute Gasteiger partial charge is 0.490 e. The van der Waals surface area contributed by atoms with Crippen LogP contribution in [0.1, 0.15) is 20.7 Å². The molecule has 2 N–H and O–H groups in total. The van der Waals surface area contributed by atoms with Gasteiger partial charge in [-0.05, 0) is 30.3 Å². The van der Waals surface area contributed by atoms with Crippen molar-refractivity contribution in [2.75, 3.05) is 6.61 Å². The number of nitrogens with one attached hydrogen (secondary N) is 2. The van der Waals surface area contributed by atoms with Gasteiger partial charge in [0.2, 0.25) is 0 Å². The lowest BCUT2D eigenvalue weighted by Gasteiger charge is -2.08. The van der Waals surface area contributed by atoms with Crippen LogP contribution in [0.5, 0.6) is 5.75 Å². The van der Waals surface area contributed by atoms with Crippen LogP contribution >= 0.6 is 0 Å². The predicted octanol–water partition coefficient (Wildman–Crippen LogP) is 2.23. The van der Waals surface area contributed by atoms with E-state index in [2.05, 4.69) is 17.4 Å². The number of nitrogens with zero attached hydrogens (tertiary/aromatic N) is 1. The summed E-state index contributed by atoms with van der Waals surface area (Å²) in [6.07, 6.45) is 1.60. The zero-order chi connectivity index (χ0) is 18.2. The predicted molar refractivity (Wildman–Crippen MR) is 90.2 cm³/mol. The summed E-state index contributed by atoms with van der Waals surface area (Å²) in [5, 5.41) is 10.9. The first-order valence-electron chi connectivity index (χ1n) is 7.21. The summed E-state index contributed by atoms with van der Waals surface area (Å²) in [5.41, 5.74) is 4.15. The molecule has 0 aliphatic rings. The van der Waals surface area contributed by atoms with Gasteiger partial charge in [0.15, 0.2) is 0 Å². The van der Waals surface area contributed by atoms with Gasteiger partial charge in [-0.3, -0.25) is 30.6 Å². The number of amides is 2. The molecule has 0 saturated heterocycles. The molecule has 8 nitrogen and oxygen atoms in total. The van der Waals surface area contributed by atoms with Gasteiger partial charge in [-0.15, -0.1) is 0 Å². The highest BCUT2D eigenvalue weighted by Crippen LogP contribution is 2.17. The van der Waals surface area contributed by atoms with Crippen molar-refractivity contribution in [3.05, 3.63) is 82.4 Å². The Kier molecular flexibility index (Phi) is 5.83. The summed E-state index contributed by atoms with van der Waals surface area (Å²) in [5.74, 6) is -0.783. The number of carbonyl (C=O) groups excluding carboxylic acids is 2. The van der Waals surface area contributed by atoms with Gasteiger partial charge in [-0.25, -0.2) is 0 Å². The number of hydrogen-bond donors (Lipinski definition) is 2. The number of ether oxygens (including phenoxy) is 1. The second-order valence-electron chi connectivity index (χ2n) is 4.81. The van der Waals surface area contributed by atoms with E-state index >= 15 is 0 Å². The highest BCUT2D eigenvalue weighted by molar-refractivity contribution is 6.01. The Bertz CT molecular complexity index is 802. The van der Waals surface area contributed by atoms with Gasteiger partial charge < -0.3 is 4.74 Å². The fourth-order valence-corrected chi connectivity index (χ4v) is 1.94. The SMILES string of the molecule is C=CCOc1ccc(C(=O)NNC(=O)c2ccccc2[N+](=O)[O-])cc1. The van der Waals surface area contributed by atoms with Crippen LogP contribution in [0, 0.1) is 10.1 Å². The standard InChI is InChI=1S/C17H15N3O5/c1-2-11-25-13-9-7-12(8-10-13)16(21)18-19-17(22)14-5-3-4-6-15(14)20(23)24/h2-10H,1,11H2,(H,18,21)(H,19,22). The summed E-state index contributed by atoms with van der Waals surface area (Å²) in [4.78, 5) is 34.3. The van der Waals surface area contributed by atoms with Gasteiger partial charge in [0.1, 0.15) is 17.9 Å². The van der Waals surface area contributed by atoms with E-state index in [1.165, 1.54) is 36.4 Å². The summed E-state index contributed by atoms with van der Waals surface area (Å²) < 4.78 is 5.30. The molecule has 0 fully saturated rings. The Morgan fingerprint density at radius 1 is 1.08 bits per heavy atom. The number of hydrazine groups is 1. The van der Waals surface area contributed by atoms with Crippen LogP contribution in [0.15, 0.2) is 61.2 Å². The maximum absolute atomic E-state index is 12.0. The summed E-state index contributed by atoms with van der Waals surface area (Å²) in [6, 6.07) is 11.7. The number of para-hydroxylation sites is 1. The fraction of sp³-hybridized carbons (Fsp3) is 0.0588. The number of nitro groups is 1. The second-order valence-corrected chi connectivity index (χ2v) is 4.81. The third-order valence-electron chi connectivity index (χ3n) is 3.12. The highest BCUT2D eigenvalue weighted by atomic mass is 16.6. The first-order valence-corrected chi connectivity index (χ1v) is 7.21. The van der Waals surface area contributed by atoms with Crippen molar-refractivity contribution in [2.45, 2.75) is 0 Å². The zero-order valence-electron chi connectivity index (χ0n) is 13.1. The van der Waals surface area contributed by atoms with Crippen molar-refractivity contribution >= 4 is 17.5 Å². The normalized spacial score (nSPS) is 9.76. The Morgan fingerprint density at radius 2 is 1.72 bits per heavy atom. The Labute approximate surface area is 143 Å².